The van der Waals surface area contributed by atoms with Gasteiger partial charge in [-0.25, -0.2) is 9.37 Å². The fourth-order valence-electron chi connectivity index (χ4n) is 1.52. The van der Waals surface area contributed by atoms with E-state index in [0.717, 1.165) is 0 Å². The van der Waals surface area contributed by atoms with Crippen LogP contribution in [0.4, 0.5) is 4.39 Å². The Morgan fingerprint density at radius 2 is 2.28 bits per heavy atom. The van der Waals surface area contributed by atoms with Crippen LogP contribution in [0.2, 0.25) is 0 Å². The second kappa shape index (κ2) is 4.59. The highest BCUT2D eigenvalue weighted by molar-refractivity contribution is 7.15. The number of halogens is 1. The van der Waals surface area contributed by atoms with Crippen molar-refractivity contribution < 1.29 is 9.18 Å². The number of terminal acetylenes is 1. The molecule has 5 heteroatoms. The van der Waals surface area contributed by atoms with Gasteiger partial charge in [0, 0.05) is 16.0 Å². The highest BCUT2D eigenvalue weighted by Crippen LogP contribution is 2.30. The Labute approximate surface area is 107 Å². The van der Waals surface area contributed by atoms with Gasteiger partial charge in [-0.1, -0.05) is 5.92 Å². The first-order valence-corrected chi connectivity index (χ1v) is 5.88. The van der Waals surface area contributed by atoms with Crippen LogP contribution in [0.5, 0.6) is 0 Å². The molecule has 2 N–H and O–H groups in total. The molecule has 0 aliphatic heterocycles. The van der Waals surface area contributed by atoms with E-state index in [-0.39, 0.29) is 11.3 Å². The largest absolute Gasteiger partial charge is 0.364 e. The molecule has 1 heterocycles. The average molecular weight is 260 g/mol. The molecule has 1 amide bonds. The van der Waals surface area contributed by atoms with Crippen molar-refractivity contribution in [2.45, 2.75) is 6.92 Å². The monoisotopic (exact) mass is 260 g/mol. The summed E-state index contributed by atoms with van der Waals surface area (Å²) >= 11 is 1.21. The molecule has 1 aromatic carbocycles. The number of amides is 1. The van der Waals surface area contributed by atoms with Crippen molar-refractivity contribution in [2.75, 3.05) is 0 Å². The molecule has 0 saturated heterocycles. The van der Waals surface area contributed by atoms with E-state index >= 15 is 0 Å². The molecular weight excluding hydrogens is 251 g/mol. The molecule has 0 fully saturated rings. The van der Waals surface area contributed by atoms with Gasteiger partial charge >= 0.3 is 0 Å². The van der Waals surface area contributed by atoms with Gasteiger partial charge in [0.15, 0.2) is 0 Å². The minimum Gasteiger partial charge on any atom is -0.364 e. The van der Waals surface area contributed by atoms with Crippen LogP contribution in [0.3, 0.4) is 0 Å². The minimum absolute atomic E-state index is 0.167. The molecular formula is C13H9FN2OS. The van der Waals surface area contributed by atoms with Crippen molar-refractivity contribution in [1.82, 2.24) is 4.98 Å². The Balaban J connectivity index is 2.59. The molecule has 0 spiro atoms. The van der Waals surface area contributed by atoms with Gasteiger partial charge in [0.1, 0.15) is 16.5 Å². The molecule has 0 aliphatic carbocycles. The molecule has 3 nitrogen and oxygen atoms in total. The van der Waals surface area contributed by atoms with E-state index in [0.29, 0.717) is 15.4 Å². The van der Waals surface area contributed by atoms with E-state index < -0.39 is 11.7 Å². The van der Waals surface area contributed by atoms with Crippen LogP contribution in [-0.4, -0.2) is 10.9 Å². The number of hydrogen-bond acceptors (Lipinski definition) is 3. The predicted octanol–water partition coefficient (Wildman–Crippen LogP) is 2.34. The smallest absolute Gasteiger partial charge is 0.268 e. The summed E-state index contributed by atoms with van der Waals surface area (Å²) in [6.45, 7) is 1.71. The van der Waals surface area contributed by atoms with Crippen LogP contribution >= 0.6 is 11.3 Å². The lowest BCUT2D eigenvalue weighted by Crippen LogP contribution is -2.12. The van der Waals surface area contributed by atoms with Gasteiger partial charge < -0.3 is 5.73 Å². The molecule has 0 atom stereocenters. The van der Waals surface area contributed by atoms with Crippen LogP contribution in [0.15, 0.2) is 18.2 Å². The van der Waals surface area contributed by atoms with Crippen molar-refractivity contribution in [3.63, 3.8) is 0 Å². The first kappa shape index (κ1) is 12.3. The predicted molar refractivity (Wildman–Crippen MR) is 68.7 cm³/mol. The number of benzene rings is 1. The number of carbonyl (C=O) groups excluding carboxylic acids is 1. The van der Waals surface area contributed by atoms with E-state index in [9.17, 15) is 9.18 Å². The number of hydrogen-bond donors (Lipinski definition) is 1. The number of thiazole rings is 1. The summed E-state index contributed by atoms with van der Waals surface area (Å²) in [5.41, 5.74) is 6.19. The van der Waals surface area contributed by atoms with Gasteiger partial charge in [0.25, 0.3) is 5.91 Å². The van der Waals surface area contributed by atoms with Crippen molar-refractivity contribution in [1.29, 1.82) is 0 Å². The lowest BCUT2D eigenvalue weighted by Gasteiger charge is -1.99. The quantitative estimate of drug-likeness (QED) is 0.842. The van der Waals surface area contributed by atoms with Crippen LogP contribution in [-0.2, 0) is 0 Å². The third kappa shape index (κ3) is 2.11. The Hall–Kier alpha value is -2.19. The molecule has 1 aromatic heterocycles. The standard InChI is InChI=1S/C13H9FN2OS/c1-3-8-4-5-10(14)9(6-8)13-16-11(12(15)17)7(2)18-13/h1,4-6H,2H3,(H2,15,17). The second-order valence-corrected chi connectivity index (χ2v) is 4.83. The molecule has 0 radical (unpaired) electrons. The fourth-order valence-corrected chi connectivity index (χ4v) is 2.46. The summed E-state index contributed by atoms with van der Waals surface area (Å²) in [5, 5.41) is 0.399. The van der Waals surface area contributed by atoms with Crippen LogP contribution in [0, 0.1) is 25.1 Å². The summed E-state index contributed by atoms with van der Waals surface area (Å²) < 4.78 is 13.7. The van der Waals surface area contributed by atoms with Crippen LogP contribution in [0.25, 0.3) is 10.6 Å². The number of aromatic nitrogens is 1. The Morgan fingerprint density at radius 3 is 2.83 bits per heavy atom. The van der Waals surface area contributed by atoms with E-state index in [4.69, 9.17) is 12.2 Å². The molecule has 2 aromatic rings. The lowest BCUT2D eigenvalue weighted by molar-refractivity contribution is 0.0996. The normalized spacial score (nSPS) is 10.1. The zero-order valence-corrected chi connectivity index (χ0v) is 10.3. The summed E-state index contributed by atoms with van der Waals surface area (Å²) in [6.07, 6.45) is 5.27. The maximum Gasteiger partial charge on any atom is 0.268 e. The SMILES string of the molecule is C#Cc1ccc(F)c(-c2nc(C(N)=O)c(C)s2)c1. The topological polar surface area (TPSA) is 56.0 Å². The highest BCUT2D eigenvalue weighted by atomic mass is 32.1. The average Bonchev–Trinajstić information content (AvgIpc) is 2.72. The summed E-state index contributed by atoms with van der Waals surface area (Å²) in [7, 11) is 0. The first-order chi connectivity index (χ1) is 8.52. The van der Waals surface area contributed by atoms with Gasteiger partial charge in [-0.3, -0.25) is 4.79 Å². The summed E-state index contributed by atoms with van der Waals surface area (Å²) in [4.78, 5) is 15.8. The lowest BCUT2D eigenvalue weighted by atomic mass is 10.1. The molecule has 90 valence electrons. The van der Waals surface area contributed by atoms with E-state index in [1.807, 2.05) is 0 Å². The zero-order chi connectivity index (χ0) is 13.3. The van der Waals surface area contributed by atoms with Crippen molar-refractivity contribution >= 4 is 17.2 Å². The second-order valence-electron chi connectivity index (χ2n) is 3.63. The number of nitrogens with two attached hydrogens (primary N) is 1. The van der Waals surface area contributed by atoms with E-state index in [1.54, 1.807) is 6.92 Å². The van der Waals surface area contributed by atoms with Crippen molar-refractivity contribution in [3.05, 3.63) is 40.2 Å². The van der Waals surface area contributed by atoms with Crippen LogP contribution in [0.1, 0.15) is 20.9 Å². The summed E-state index contributed by atoms with van der Waals surface area (Å²) in [6, 6.07) is 4.32. The van der Waals surface area contributed by atoms with Gasteiger partial charge in [-0.05, 0) is 25.1 Å². The number of primary amides is 1. The Morgan fingerprint density at radius 1 is 1.56 bits per heavy atom. The first-order valence-electron chi connectivity index (χ1n) is 5.06. The third-order valence-electron chi connectivity index (χ3n) is 2.39. The Bertz CT molecular complexity index is 670. The molecule has 0 saturated carbocycles. The number of rotatable bonds is 2. The maximum atomic E-state index is 13.7. The molecule has 0 bridgehead atoms. The minimum atomic E-state index is -0.622. The fraction of sp³-hybridized carbons (Fsp3) is 0.0769. The van der Waals surface area contributed by atoms with Gasteiger partial charge in [0.2, 0.25) is 0 Å². The van der Waals surface area contributed by atoms with Crippen molar-refractivity contribution in [3.8, 4) is 22.9 Å². The molecule has 18 heavy (non-hydrogen) atoms. The van der Waals surface area contributed by atoms with E-state index in [1.165, 1.54) is 29.5 Å². The van der Waals surface area contributed by atoms with Gasteiger partial charge in [-0.15, -0.1) is 17.8 Å². The van der Waals surface area contributed by atoms with E-state index in [2.05, 4.69) is 10.9 Å². The number of carbonyl (C=O) groups is 1. The van der Waals surface area contributed by atoms with Gasteiger partial charge in [0.05, 0.1) is 0 Å². The van der Waals surface area contributed by atoms with Gasteiger partial charge in [-0.2, -0.15) is 0 Å². The number of nitrogens with zero attached hydrogens (tertiary/aromatic N) is 1. The molecule has 0 aliphatic rings. The maximum absolute atomic E-state index is 13.7. The highest BCUT2D eigenvalue weighted by Gasteiger charge is 2.16. The van der Waals surface area contributed by atoms with Crippen molar-refractivity contribution in [2.24, 2.45) is 5.73 Å². The third-order valence-corrected chi connectivity index (χ3v) is 3.40. The summed E-state index contributed by atoms with van der Waals surface area (Å²) in [5.74, 6) is 1.37. The molecule has 2 rings (SSSR count). The Kier molecular flexibility index (Phi) is 3.13. The number of aryl methyl sites for hydroxylation is 1. The zero-order valence-electron chi connectivity index (χ0n) is 9.53. The molecule has 0 unspecified atom stereocenters. The van der Waals surface area contributed by atoms with Crippen LogP contribution < -0.4 is 5.73 Å².